The van der Waals surface area contributed by atoms with Crippen LogP contribution in [0.2, 0.25) is 0 Å². The second-order valence-corrected chi connectivity index (χ2v) is 6.16. The minimum absolute atomic E-state index is 0. The van der Waals surface area contributed by atoms with Gasteiger partial charge < -0.3 is 15.4 Å². The molecule has 0 amide bonds. The Kier molecular flexibility index (Phi) is 11.4. The molecule has 7 heteroatoms. The van der Waals surface area contributed by atoms with Gasteiger partial charge in [0, 0.05) is 32.0 Å². The average molecular weight is 465 g/mol. The molecule has 0 aromatic heterocycles. The molecule has 0 spiro atoms. The van der Waals surface area contributed by atoms with Crippen molar-refractivity contribution < 1.29 is 13.9 Å². The smallest absolute Gasteiger partial charge is 0.305 e. The number of ether oxygens (including phenoxy) is 1. The Morgan fingerprint density at radius 2 is 2.04 bits per heavy atom. The number of guanidine groups is 1. The first-order chi connectivity index (χ1) is 11.4. The van der Waals surface area contributed by atoms with Gasteiger partial charge in [-0.15, -0.1) is 24.0 Å². The van der Waals surface area contributed by atoms with Crippen molar-refractivity contribution in [2.45, 2.75) is 39.0 Å². The summed E-state index contributed by atoms with van der Waals surface area (Å²) in [6, 6.07) is 6.63. The Morgan fingerprint density at radius 1 is 1.32 bits per heavy atom. The van der Waals surface area contributed by atoms with Gasteiger partial charge in [-0.3, -0.25) is 9.79 Å². The summed E-state index contributed by atoms with van der Waals surface area (Å²) in [5.41, 5.74) is 0.678. The molecule has 0 atom stereocenters. The van der Waals surface area contributed by atoms with Crippen molar-refractivity contribution in [2.75, 3.05) is 26.7 Å². The lowest BCUT2D eigenvalue weighted by Crippen LogP contribution is -2.43. The zero-order chi connectivity index (χ0) is 18.0. The van der Waals surface area contributed by atoms with Crippen molar-refractivity contribution in [2.24, 2.45) is 4.99 Å². The SMILES string of the molecule is CCOC(=O)CCCNC(=NC)NCC(C)(C)c1cccc(F)c1.I. The van der Waals surface area contributed by atoms with Gasteiger partial charge in [0.15, 0.2) is 5.96 Å². The van der Waals surface area contributed by atoms with E-state index in [1.807, 2.05) is 19.9 Å². The molecule has 0 saturated carbocycles. The predicted octanol–water partition coefficient (Wildman–Crippen LogP) is 3.23. The number of nitrogens with one attached hydrogen (secondary N) is 2. The van der Waals surface area contributed by atoms with Gasteiger partial charge in [0.25, 0.3) is 0 Å². The highest BCUT2D eigenvalue weighted by atomic mass is 127. The second kappa shape index (κ2) is 12.1. The van der Waals surface area contributed by atoms with Crippen LogP contribution in [0.1, 0.15) is 39.2 Å². The van der Waals surface area contributed by atoms with Gasteiger partial charge in [-0.25, -0.2) is 4.39 Å². The highest BCUT2D eigenvalue weighted by Crippen LogP contribution is 2.22. The molecule has 1 rings (SSSR count). The van der Waals surface area contributed by atoms with E-state index < -0.39 is 0 Å². The maximum Gasteiger partial charge on any atom is 0.305 e. The molecule has 0 aliphatic carbocycles. The summed E-state index contributed by atoms with van der Waals surface area (Å²) < 4.78 is 18.3. The minimum atomic E-state index is -0.245. The third-order valence-electron chi connectivity index (χ3n) is 3.68. The summed E-state index contributed by atoms with van der Waals surface area (Å²) in [5, 5.41) is 6.40. The van der Waals surface area contributed by atoms with Crippen LogP contribution in [0.25, 0.3) is 0 Å². The first kappa shape index (κ1) is 23.6. The van der Waals surface area contributed by atoms with Crippen molar-refractivity contribution in [3.05, 3.63) is 35.6 Å². The van der Waals surface area contributed by atoms with Crippen LogP contribution in [0.3, 0.4) is 0 Å². The van der Waals surface area contributed by atoms with E-state index >= 15 is 0 Å². The predicted molar refractivity (Wildman–Crippen MR) is 110 cm³/mol. The molecule has 0 radical (unpaired) electrons. The van der Waals surface area contributed by atoms with Gasteiger partial charge in [-0.1, -0.05) is 26.0 Å². The van der Waals surface area contributed by atoms with Crippen molar-refractivity contribution >= 4 is 35.9 Å². The van der Waals surface area contributed by atoms with Crippen LogP contribution in [-0.2, 0) is 14.9 Å². The molecule has 0 aliphatic heterocycles. The summed E-state index contributed by atoms with van der Waals surface area (Å²) in [7, 11) is 1.69. The van der Waals surface area contributed by atoms with Gasteiger partial charge in [0.05, 0.1) is 6.61 Å². The molecule has 0 heterocycles. The van der Waals surface area contributed by atoms with E-state index in [1.165, 1.54) is 6.07 Å². The Hall–Kier alpha value is -1.38. The Morgan fingerprint density at radius 3 is 2.64 bits per heavy atom. The Balaban J connectivity index is 0.00000576. The summed E-state index contributed by atoms with van der Waals surface area (Å²) in [5.74, 6) is 0.236. The number of halogens is 2. The molecule has 0 bridgehead atoms. The molecule has 0 unspecified atom stereocenters. The lowest BCUT2D eigenvalue weighted by molar-refractivity contribution is -0.143. The number of aliphatic imine (C=N–C) groups is 1. The monoisotopic (exact) mass is 465 g/mol. The lowest BCUT2D eigenvalue weighted by atomic mass is 9.84. The maximum atomic E-state index is 13.4. The van der Waals surface area contributed by atoms with Crippen molar-refractivity contribution in [1.29, 1.82) is 0 Å². The largest absolute Gasteiger partial charge is 0.466 e. The number of benzene rings is 1. The number of rotatable bonds is 8. The number of nitrogens with zero attached hydrogens (tertiary/aromatic N) is 1. The first-order valence-corrected chi connectivity index (χ1v) is 8.25. The average Bonchev–Trinajstić information content (AvgIpc) is 2.54. The van der Waals surface area contributed by atoms with Gasteiger partial charge in [0.1, 0.15) is 5.82 Å². The third kappa shape index (κ3) is 9.04. The van der Waals surface area contributed by atoms with E-state index in [-0.39, 0.29) is 41.2 Å². The second-order valence-electron chi connectivity index (χ2n) is 6.16. The Bertz CT molecular complexity index is 565. The van der Waals surface area contributed by atoms with E-state index in [0.29, 0.717) is 38.5 Å². The van der Waals surface area contributed by atoms with Crippen molar-refractivity contribution in [3.8, 4) is 0 Å². The highest BCUT2D eigenvalue weighted by molar-refractivity contribution is 14.0. The van der Waals surface area contributed by atoms with E-state index in [0.717, 1.165) is 5.56 Å². The summed E-state index contributed by atoms with van der Waals surface area (Å²) in [4.78, 5) is 15.4. The van der Waals surface area contributed by atoms with Gasteiger partial charge >= 0.3 is 5.97 Å². The standard InChI is InChI=1S/C18H28FN3O2.HI/c1-5-24-16(23)10-7-11-21-17(20-4)22-13-18(2,3)14-8-6-9-15(19)12-14;/h6,8-9,12H,5,7,10-11,13H2,1-4H3,(H2,20,21,22);1H. The minimum Gasteiger partial charge on any atom is -0.466 e. The third-order valence-corrected chi connectivity index (χ3v) is 3.68. The van der Waals surface area contributed by atoms with E-state index in [2.05, 4.69) is 15.6 Å². The highest BCUT2D eigenvalue weighted by Gasteiger charge is 2.21. The quantitative estimate of drug-likeness (QED) is 0.204. The number of hydrogen-bond donors (Lipinski definition) is 2. The van der Waals surface area contributed by atoms with E-state index in [1.54, 1.807) is 26.1 Å². The Labute approximate surface area is 166 Å². The first-order valence-electron chi connectivity index (χ1n) is 8.25. The van der Waals surface area contributed by atoms with Crippen molar-refractivity contribution in [1.82, 2.24) is 10.6 Å². The molecule has 0 aliphatic rings. The molecule has 1 aromatic rings. The fourth-order valence-corrected chi connectivity index (χ4v) is 2.21. The summed E-state index contributed by atoms with van der Waals surface area (Å²) in [6.07, 6.45) is 1.06. The molecule has 142 valence electrons. The van der Waals surface area contributed by atoms with Crippen molar-refractivity contribution in [3.63, 3.8) is 0 Å². The van der Waals surface area contributed by atoms with Crippen LogP contribution < -0.4 is 10.6 Å². The zero-order valence-corrected chi connectivity index (χ0v) is 17.7. The maximum absolute atomic E-state index is 13.4. The molecular weight excluding hydrogens is 436 g/mol. The normalized spacial score (nSPS) is 11.5. The van der Waals surface area contributed by atoms with Crippen LogP contribution in [0.5, 0.6) is 0 Å². The fourth-order valence-electron chi connectivity index (χ4n) is 2.21. The number of carbonyl (C=O) groups is 1. The lowest BCUT2D eigenvalue weighted by Gasteiger charge is -2.26. The van der Waals surface area contributed by atoms with E-state index in [9.17, 15) is 9.18 Å². The molecular formula is C18H29FIN3O2. The molecule has 2 N–H and O–H groups in total. The van der Waals surface area contributed by atoms with E-state index in [4.69, 9.17) is 4.74 Å². The van der Waals surface area contributed by atoms with Crippen LogP contribution in [0.4, 0.5) is 4.39 Å². The van der Waals surface area contributed by atoms with Crippen LogP contribution >= 0.6 is 24.0 Å². The van der Waals surface area contributed by atoms with Gasteiger partial charge in [0.2, 0.25) is 0 Å². The molecule has 0 saturated heterocycles. The number of esters is 1. The van der Waals surface area contributed by atoms with Crippen LogP contribution in [0.15, 0.2) is 29.3 Å². The number of carbonyl (C=O) groups excluding carboxylic acids is 1. The molecule has 1 aromatic carbocycles. The summed E-state index contributed by atoms with van der Waals surface area (Å²) >= 11 is 0. The number of hydrogen-bond acceptors (Lipinski definition) is 3. The van der Waals surface area contributed by atoms with Gasteiger partial charge in [-0.05, 0) is 31.0 Å². The van der Waals surface area contributed by atoms with Crippen LogP contribution in [-0.4, -0.2) is 38.7 Å². The molecule has 5 nitrogen and oxygen atoms in total. The van der Waals surface area contributed by atoms with Gasteiger partial charge in [-0.2, -0.15) is 0 Å². The van der Waals surface area contributed by atoms with Crippen LogP contribution in [0, 0.1) is 5.82 Å². The zero-order valence-electron chi connectivity index (χ0n) is 15.4. The fraction of sp³-hybridized carbons (Fsp3) is 0.556. The molecule has 0 fully saturated rings. The summed E-state index contributed by atoms with van der Waals surface area (Å²) in [6.45, 7) is 7.52. The topological polar surface area (TPSA) is 62.7 Å². The molecule has 25 heavy (non-hydrogen) atoms.